The second kappa shape index (κ2) is 2.97. The highest BCUT2D eigenvalue weighted by atomic mass is 32.2. The molecule has 0 aliphatic carbocycles. The Labute approximate surface area is 91.2 Å². The minimum atomic E-state index is -1.77. The van der Waals surface area contributed by atoms with Gasteiger partial charge < -0.3 is 9.84 Å². The maximum atomic E-state index is 10.7. The first-order valence-corrected chi connectivity index (χ1v) is 4.59. The molecule has 1 atom stereocenters. The van der Waals surface area contributed by atoms with Crippen LogP contribution >= 0.6 is 50.5 Å². The van der Waals surface area contributed by atoms with Crippen molar-refractivity contribution >= 4 is 56.5 Å². The van der Waals surface area contributed by atoms with Gasteiger partial charge in [0.15, 0.2) is 0 Å². The molecule has 0 saturated carbocycles. The van der Waals surface area contributed by atoms with E-state index in [0.29, 0.717) is 4.91 Å². The highest BCUT2D eigenvalue weighted by Crippen LogP contribution is 2.50. The smallest absolute Gasteiger partial charge is 0.361 e. The molecule has 0 aromatic rings. The van der Waals surface area contributed by atoms with Crippen molar-refractivity contribution in [3.05, 3.63) is 11.2 Å². The first-order valence-electron chi connectivity index (χ1n) is 2.80. The van der Waals surface area contributed by atoms with E-state index in [9.17, 15) is 4.79 Å². The number of carboxylic acid groups (broad SMARTS) is 1. The third kappa shape index (κ3) is 1.23. The average Bonchev–Trinajstić information content (AvgIpc) is 2.15. The minimum Gasteiger partial charge on any atom is -0.478 e. The lowest BCUT2D eigenvalue weighted by Crippen LogP contribution is -2.46. The zero-order valence-electron chi connectivity index (χ0n) is 5.63. The molecule has 1 aliphatic rings. The highest BCUT2D eigenvalue weighted by molar-refractivity contribution is 8.04. The Balaban J connectivity index is 3.08. The first-order chi connectivity index (χ1) is 5.32. The molecule has 1 unspecified atom stereocenters. The molecule has 12 heavy (non-hydrogen) atoms. The van der Waals surface area contributed by atoms with Gasteiger partial charge in [0.05, 0.1) is 6.26 Å². The highest BCUT2D eigenvalue weighted by Gasteiger charge is 2.58. The zero-order valence-corrected chi connectivity index (χ0v) is 9.21. The van der Waals surface area contributed by atoms with Crippen LogP contribution in [0.2, 0.25) is 0 Å². The molecule has 0 saturated heterocycles. The first kappa shape index (κ1) is 10.5. The number of carboxylic acids is 1. The fraction of sp³-hybridized carbons (Fsp3) is 0.400. The monoisotopic (exact) mass is 242 g/mol. The lowest BCUT2D eigenvalue weighted by Gasteiger charge is -2.30. The van der Waals surface area contributed by atoms with Gasteiger partial charge in [0.2, 0.25) is 0 Å². The van der Waals surface area contributed by atoms with Gasteiger partial charge in [0, 0.05) is 4.91 Å². The van der Waals surface area contributed by atoms with E-state index in [1.54, 1.807) is 0 Å². The second-order valence-corrected chi connectivity index (χ2v) is 5.05. The number of thiol groups is 4. The van der Waals surface area contributed by atoms with Crippen molar-refractivity contribution in [2.75, 3.05) is 0 Å². The third-order valence-corrected chi connectivity index (χ3v) is 4.35. The summed E-state index contributed by atoms with van der Waals surface area (Å²) in [6.45, 7) is 0. The SMILES string of the molecule is O=C(O)C1(S)OC=C(S)C1(S)S. The van der Waals surface area contributed by atoms with Crippen molar-refractivity contribution in [2.24, 2.45) is 0 Å². The molecule has 68 valence electrons. The lowest BCUT2D eigenvalue weighted by molar-refractivity contribution is -0.148. The van der Waals surface area contributed by atoms with Crippen LogP contribution in [-0.2, 0) is 9.53 Å². The van der Waals surface area contributed by atoms with Crippen LogP contribution in [-0.4, -0.2) is 20.1 Å². The van der Waals surface area contributed by atoms with Crippen LogP contribution in [0.25, 0.3) is 0 Å². The Morgan fingerprint density at radius 2 is 2.00 bits per heavy atom. The topological polar surface area (TPSA) is 46.5 Å². The predicted molar refractivity (Wildman–Crippen MR) is 58.2 cm³/mol. The van der Waals surface area contributed by atoms with Crippen molar-refractivity contribution in [1.29, 1.82) is 0 Å². The van der Waals surface area contributed by atoms with E-state index >= 15 is 0 Å². The summed E-state index contributed by atoms with van der Waals surface area (Å²) in [5.41, 5.74) is 0. The molecule has 1 rings (SSSR count). The molecule has 1 aliphatic heterocycles. The summed E-state index contributed by atoms with van der Waals surface area (Å²) in [5.74, 6) is -1.25. The van der Waals surface area contributed by atoms with Crippen LogP contribution in [0.15, 0.2) is 11.2 Å². The molecular formula is C5H6O3S4. The van der Waals surface area contributed by atoms with Crippen LogP contribution < -0.4 is 0 Å². The molecule has 3 nitrogen and oxygen atoms in total. The van der Waals surface area contributed by atoms with Crippen molar-refractivity contribution in [1.82, 2.24) is 0 Å². The van der Waals surface area contributed by atoms with Crippen molar-refractivity contribution < 1.29 is 14.6 Å². The summed E-state index contributed by atoms with van der Waals surface area (Å²) in [6, 6.07) is 0. The number of ether oxygens (including phenoxy) is 1. The van der Waals surface area contributed by atoms with Gasteiger partial charge in [-0.05, 0) is 0 Å². The minimum absolute atomic E-state index is 0.312. The molecule has 0 spiro atoms. The normalized spacial score (nSPS) is 32.5. The fourth-order valence-electron chi connectivity index (χ4n) is 0.679. The summed E-state index contributed by atoms with van der Waals surface area (Å²) in [4.78, 5) is 9.26. The number of hydrogen-bond donors (Lipinski definition) is 5. The fourth-order valence-corrected chi connectivity index (χ4v) is 1.55. The van der Waals surface area contributed by atoms with Gasteiger partial charge in [-0.2, -0.15) is 25.3 Å². The molecule has 0 aromatic heterocycles. The van der Waals surface area contributed by atoms with Crippen molar-refractivity contribution in [3.8, 4) is 0 Å². The number of rotatable bonds is 1. The van der Waals surface area contributed by atoms with Gasteiger partial charge in [-0.3, -0.25) is 0 Å². The van der Waals surface area contributed by atoms with E-state index in [4.69, 9.17) is 9.84 Å². The third-order valence-electron chi connectivity index (χ3n) is 1.46. The van der Waals surface area contributed by atoms with Crippen LogP contribution in [0.3, 0.4) is 0 Å². The molecular weight excluding hydrogens is 236 g/mol. The van der Waals surface area contributed by atoms with E-state index in [0.717, 1.165) is 0 Å². The summed E-state index contributed by atoms with van der Waals surface area (Å²) in [5, 5.41) is 8.76. The van der Waals surface area contributed by atoms with Gasteiger partial charge in [-0.1, -0.05) is 0 Å². The van der Waals surface area contributed by atoms with Gasteiger partial charge >= 0.3 is 5.97 Å². The molecule has 1 heterocycles. The van der Waals surface area contributed by atoms with Crippen LogP contribution in [0.1, 0.15) is 0 Å². The Morgan fingerprint density at radius 3 is 2.17 bits per heavy atom. The summed E-state index contributed by atoms with van der Waals surface area (Å²) >= 11 is 15.8. The lowest BCUT2D eigenvalue weighted by atomic mass is 10.2. The van der Waals surface area contributed by atoms with E-state index < -0.39 is 15.0 Å². The Bertz CT molecular complexity index is 261. The molecule has 0 aromatic carbocycles. The quantitative estimate of drug-likeness (QED) is 0.353. The largest absolute Gasteiger partial charge is 0.478 e. The Morgan fingerprint density at radius 1 is 1.50 bits per heavy atom. The van der Waals surface area contributed by atoms with Gasteiger partial charge in [-0.15, -0.1) is 25.3 Å². The molecule has 0 fully saturated rings. The maximum absolute atomic E-state index is 10.7. The van der Waals surface area contributed by atoms with E-state index in [2.05, 4.69) is 50.5 Å². The van der Waals surface area contributed by atoms with E-state index in [1.165, 1.54) is 6.26 Å². The van der Waals surface area contributed by atoms with Gasteiger partial charge in [0.1, 0.15) is 4.08 Å². The molecule has 1 N–H and O–H groups in total. The van der Waals surface area contributed by atoms with Crippen LogP contribution in [0.4, 0.5) is 0 Å². The molecule has 7 heteroatoms. The molecule has 0 bridgehead atoms. The maximum Gasteiger partial charge on any atom is 0.361 e. The number of carbonyl (C=O) groups is 1. The van der Waals surface area contributed by atoms with Gasteiger partial charge in [0.25, 0.3) is 4.93 Å². The van der Waals surface area contributed by atoms with Crippen molar-refractivity contribution in [2.45, 2.75) is 9.01 Å². The average molecular weight is 242 g/mol. The van der Waals surface area contributed by atoms with Crippen LogP contribution in [0.5, 0.6) is 0 Å². The molecule has 0 radical (unpaired) electrons. The summed E-state index contributed by atoms with van der Waals surface area (Å²) < 4.78 is 3.49. The Hall–Kier alpha value is 0.410. The standard InChI is InChI=1S/C5H6O3S4/c6-3(7)4(10)5(11,12)2(9)1-8-4/h1,9-12H,(H,6,7). The van der Waals surface area contributed by atoms with Crippen molar-refractivity contribution in [3.63, 3.8) is 0 Å². The van der Waals surface area contributed by atoms with E-state index in [1.807, 2.05) is 0 Å². The van der Waals surface area contributed by atoms with Crippen LogP contribution in [0, 0.1) is 0 Å². The second-order valence-electron chi connectivity index (χ2n) is 2.24. The predicted octanol–water partition coefficient (Wildman–Crippen LogP) is 1.05. The summed E-state index contributed by atoms with van der Waals surface area (Å²) in [6.07, 6.45) is 1.17. The zero-order chi connectivity index (χ0) is 9.57. The van der Waals surface area contributed by atoms with E-state index in [-0.39, 0.29) is 0 Å². The molecule has 0 amide bonds. The Kier molecular flexibility index (Phi) is 2.59. The summed E-state index contributed by atoms with van der Waals surface area (Å²) in [7, 11) is 0. The van der Waals surface area contributed by atoms with Gasteiger partial charge in [-0.25, -0.2) is 4.79 Å². The number of aliphatic carboxylic acids is 1. The number of hydrogen-bond acceptors (Lipinski definition) is 6.